The van der Waals surface area contributed by atoms with Gasteiger partial charge in [-0.25, -0.2) is 4.98 Å². The van der Waals surface area contributed by atoms with Crippen LogP contribution >= 0.6 is 11.3 Å². The maximum atomic E-state index is 5.95. The highest BCUT2D eigenvalue weighted by molar-refractivity contribution is 7.09. The van der Waals surface area contributed by atoms with Crippen molar-refractivity contribution in [3.63, 3.8) is 0 Å². The molecule has 156 valence electrons. The Bertz CT molecular complexity index is 1140. The van der Waals surface area contributed by atoms with Crippen LogP contribution in [0.4, 0.5) is 0 Å². The fourth-order valence-electron chi connectivity index (χ4n) is 5.72. The lowest BCUT2D eigenvalue weighted by Gasteiger charge is -2.39. The summed E-state index contributed by atoms with van der Waals surface area (Å²) in [6.07, 6.45) is 7.03. The van der Waals surface area contributed by atoms with Gasteiger partial charge >= 0.3 is 0 Å². The number of aromatic amines is 1. The topological polar surface area (TPSA) is 76.6 Å². The van der Waals surface area contributed by atoms with Gasteiger partial charge in [0, 0.05) is 22.6 Å². The summed E-state index contributed by atoms with van der Waals surface area (Å²) in [7, 11) is 0. The molecule has 0 radical (unpaired) electrons. The number of tetrazole rings is 1. The number of thiazole rings is 1. The minimum Gasteiger partial charge on any atom is -0.486 e. The Balaban J connectivity index is 1.31. The van der Waals surface area contributed by atoms with Gasteiger partial charge in [0.05, 0.1) is 0 Å². The average molecular weight is 430 g/mol. The molecule has 0 saturated heterocycles. The second-order valence-electron chi connectivity index (χ2n) is 8.60. The third-order valence-electron chi connectivity index (χ3n) is 7.07. The first-order valence-electron chi connectivity index (χ1n) is 10.8. The Labute approximate surface area is 184 Å². The molecule has 31 heavy (non-hydrogen) atoms. The predicted octanol–water partition coefficient (Wildman–Crippen LogP) is 5.01. The molecule has 6 nitrogen and oxygen atoms in total. The van der Waals surface area contributed by atoms with Crippen LogP contribution < -0.4 is 4.74 Å². The van der Waals surface area contributed by atoms with Crippen LogP contribution in [0.25, 0.3) is 11.4 Å². The van der Waals surface area contributed by atoms with Gasteiger partial charge in [-0.1, -0.05) is 42.8 Å². The number of aromatic nitrogens is 5. The van der Waals surface area contributed by atoms with E-state index in [1.165, 1.54) is 36.8 Å². The van der Waals surface area contributed by atoms with Crippen molar-refractivity contribution in [1.82, 2.24) is 25.6 Å². The number of ether oxygens (including phenoxy) is 1. The van der Waals surface area contributed by atoms with Crippen LogP contribution in [0.3, 0.4) is 0 Å². The number of hydrogen-bond acceptors (Lipinski definition) is 6. The number of H-pyrrole nitrogens is 1. The molecule has 6 rings (SSSR count). The molecule has 0 amide bonds. The minimum absolute atomic E-state index is 0.0759. The molecule has 3 atom stereocenters. The van der Waals surface area contributed by atoms with Crippen molar-refractivity contribution < 1.29 is 4.74 Å². The van der Waals surface area contributed by atoms with E-state index in [1.807, 2.05) is 11.6 Å². The van der Waals surface area contributed by atoms with E-state index in [-0.39, 0.29) is 5.41 Å². The second-order valence-corrected chi connectivity index (χ2v) is 9.58. The highest BCUT2D eigenvalue weighted by atomic mass is 32.1. The zero-order valence-corrected chi connectivity index (χ0v) is 17.9. The van der Waals surface area contributed by atoms with E-state index in [0.29, 0.717) is 18.3 Å². The highest BCUT2D eigenvalue weighted by Crippen LogP contribution is 2.60. The zero-order valence-electron chi connectivity index (χ0n) is 17.1. The average Bonchev–Trinajstić information content (AvgIpc) is 3.63. The standard InChI is InChI=1S/C24H23N5OS/c1-4-20-13-16(1)14-24(20,18-5-2-17(3-6-18)23-26-28-29-27-23)19-7-9-21(10-8-19)30-15-22-25-11-12-31-22/h2-3,5-12,16,20H,1,4,13-15H2,(H,26,27,28,29)/t16-,20+,24+/m1/s1. The number of benzene rings is 2. The summed E-state index contributed by atoms with van der Waals surface area (Å²) in [4.78, 5) is 4.29. The molecule has 7 heteroatoms. The SMILES string of the molecule is c1csc(COc2ccc([C@@]3(c4ccc(-c5nn[nH]n5)cc4)C[C@@H]4CC[C@H]3C4)cc2)n1. The molecule has 0 spiro atoms. The van der Waals surface area contributed by atoms with E-state index in [1.54, 1.807) is 11.3 Å². The Morgan fingerprint density at radius 1 is 1.03 bits per heavy atom. The van der Waals surface area contributed by atoms with Gasteiger partial charge in [-0.3, -0.25) is 0 Å². The summed E-state index contributed by atoms with van der Waals surface area (Å²) in [6.45, 7) is 0.518. The summed E-state index contributed by atoms with van der Waals surface area (Å²) in [5.41, 5.74) is 3.85. The Hall–Kier alpha value is -3.06. The van der Waals surface area contributed by atoms with E-state index in [0.717, 1.165) is 22.2 Å². The van der Waals surface area contributed by atoms with Crippen molar-refractivity contribution in [2.45, 2.75) is 37.7 Å². The largest absolute Gasteiger partial charge is 0.486 e. The van der Waals surface area contributed by atoms with Gasteiger partial charge in [0.25, 0.3) is 0 Å². The highest BCUT2D eigenvalue weighted by Gasteiger charge is 2.52. The van der Waals surface area contributed by atoms with Gasteiger partial charge in [0.1, 0.15) is 17.4 Å². The summed E-state index contributed by atoms with van der Waals surface area (Å²) in [5.74, 6) is 3.04. The van der Waals surface area contributed by atoms with Crippen molar-refractivity contribution in [3.05, 3.63) is 76.2 Å². The van der Waals surface area contributed by atoms with E-state index in [4.69, 9.17) is 4.74 Å². The van der Waals surface area contributed by atoms with Gasteiger partial charge in [0.15, 0.2) is 0 Å². The summed E-state index contributed by atoms with van der Waals surface area (Å²) >= 11 is 1.62. The van der Waals surface area contributed by atoms with Crippen molar-refractivity contribution in [2.24, 2.45) is 11.8 Å². The molecule has 2 aromatic carbocycles. The summed E-state index contributed by atoms with van der Waals surface area (Å²) in [6, 6.07) is 17.5. The van der Waals surface area contributed by atoms with E-state index < -0.39 is 0 Å². The lowest BCUT2D eigenvalue weighted by molar-refractivity contribution is 0.303. The Morgan fingerprint density at radius 2 is 1.84 bits per heavy atom. The van der Waals surface area contributed by atoms with Crippen LogP contribution in [0.5, 0.6) is 5.75 Å². The van der Waals surface area contributed by atoms with Crippen molar-refractivity contribution in [1.29, 1.82) is 0 Å². The smallest absolute Gasteiger partial charge is 0.204 e. The maximum absolute atomic E-state index is 5.95. The molecule has 2 heterocycles. The molecular formula is C24H23N5OS. The first-order chi connectivity index (χ1) is 15.3. The fraction of sp³-hybridized carbons (Fsp3) is 0.333. The third kappa shape index (κ3) is 3.24. The van der Waals surface area contributed by atoms with Crippen molar-refractivity contribution >= 4 is 11.3 Å². The monoisotopic (exact) mass is 429 g/mol. The summed E-state index contributed by atoms with van der Waals surface area (Å²) < 4.78 is 5.95. The molecule has 4 aromatic rings. The maximum Gasteiger partial charge on any atom is 0.204 e. The third-order valence-corrected chi connectivity index (χ3v) is 7.82. The number of nitrogens with one attached hydrogen (secondary N) is 1. The first kappa shape index (κ1) is 18.7. The van der Waals surface area contributed by atoms with Crippen LogP contribution in [0.2, 0.25) is 0 Å². The molecule has 1 N–H and O–H groups in total. The molecule has 2 aliphatic carbocycles. The lowest BCUT2D eigenvalue weighted by atomic mass is 9.64. The minimum atomic E-state index is 0.0759. The van der Waals surface area contributed by atoms with Gasteiger partial charge in [-0.2, -0.15) is 5.21 Å². The van der Waals surface area contributed by atoms with E-state index in [9.17, 15) is 0 Å². The molecule has 0 aliphatic heterocycles. The molecule has 2 fully saturated rings. The van der Waals surface area contributed by atoms with Crippen LogP contribution in [-0.4, -0.2) is 25.6 Å². The quantitative estimate of drug-likeness (QED) is 0.466. The van der Waals surface area contributed by atoms with Gasteiger partial charge in [0.2, 0.25) is 5.82 Å². The van der Waals surface area contributed by atoms with Crippen molar-refractivity contribution in [3.8, 4) is 17.1 Å². The second kappa shape index (κ2) is 7.57. The van der Waals surface area contributed by atoms with Crippen LogP contribution in [-0.2, 0) is 12.0 Å². The number of rotatable bonds is 6. The summed E-state index contributed by atoms with van der Waals surface area (Å²) in [5, 5.41) is 17.4. The molecule has 2 aliphatic rings. The molecule has 0 unspecified atom stereocenters. The van der Waals surface area contributed by atoms with Crippen LogP contribution in [0.1, 0.15) is 41.8 Å². The van der Waals surface area contributed by atoms with Crippen LogP contribution in [0.15, 0.2) is 60.1 Å². The van der Waals surface area contributed by atoms with Crippen molar-refractivity contribution in [2.75, 3.05) is 0 Å². The molecule has 2 aromatic heterocycles. The fourth-order valence-corrected chi connectivity index (χ4v) is 6.25. The molecular weight excluding hydrogens is 406 g/mol. The first-order valence-corrected chi connectivity index (χ1v) is 11.7. The Kier molecular flexibility index (Phi) is 4.56. The van der Waals surface area contributed by atoms with Gasteiger partial charge in [-0.15, -0.1) is 21.5 Å². The molecule has 2 saturated carbocycles. The molecule has 2 bridgehead atoms. The zero-order chi connectivity index (χ0) is 20.7. The predicted molar refractivity (Wildman–Crippen MR) is 119 cm³/mol. The van der Waals surface area contributed by atoms with Gasteiger partial charge < -0.3 is 4.74 Å². The Morgan fingerprint density at radius 3 is 2.45 bits per heavy atom. The number of nitrogens with zero attached hydrogens (tertiary/aromatic N) is 4. The number of fused-ring (bicyclic) bond motifs is 2. The number of hydrogen-bond donors (Lipinski definition) is 1. The van der Waals surface area contributed by atoms with Crippen LogP contribution in [0, 0.1) is 11.8 Å². The van der Waals surface area contributed by atoms with E-state index >= 15 is 0 Å². The van der Waals surface area contributed by atoms with Gasteiger partial charge in [-0.05, 0) is 59.6 Å². The normalized spacial score (nSPS) is 24.5. The van der Waals surface area contributed by atoms with E-state index in [2.05, 4.69) is 74.1 Å². The lowest BCUT2D eigenvalue weighted by Crippen LogP contribution is -2.34.